The highest BCUT2D eigenvalue weighted by molar-refractivity contribution is 5.85. The van der Waals surface area contributed by atoms with Crippen molar-refractivity contribution in [3.8, 4) is 0 Å². The van der Waals surface area contributed by atoms with E-state index < -0.39 is 0 Å². The van der Waals surface area contributed by atoms with Gasteiger partial charge in [0.1, 0.15) is 6.10 Å². The lowest BCUT2D eigenvalue weighted by molar-refractivity contribution is -0.138. The Hall–Kier alpha value is -1.10. The van der Waals surface area contributed by atoms with Crippen LogP contribution < -0.4 is 5.32 Å². The monoisotopic (exact) mass is 310 g/mol. The molecule has 1 saturated carbocycles. The van der Waals surface area contributed by atoms with Gasteiger partial charge in [0.25, 0.3) is 0 Å². The summed E-state index contributed by atoms with van der Waals surface area (Å²) in [6.45, 7) is 3.42. The van der Waals surface area contributed by atoms with E-state index in [1.54, 1.807) is 0 Å². The van der Waals surface area contributed by atoms with Crippen molar-refractivity contribution in [1.29, 1.82) is 0 Å². The molecular weight excluding hydrogens is 288 g/mol. The van der Waals surface area contributed by atoms with Crippen LogP contribution in [0.2, 0.25) is 0 Å². The molecule has 0 radical (unpaired) electrons. The van der Waals surface area contributed by atoms with Gasteiger partial charge in [0.2, 0.25) is 5.91 Å². The molecule has 5 heteroatoms. The van der Waals surface area contributed by atoms with Gasteiger partial charge < -0.3 is 15.0 Å². The molecule has 0 aromatic heterocycles. The highest BCUT2D eigenvalue weighted by atomic mass is 35.5. The maximum Gasteiger partial charge on any atom is 0.236 e. The summed E-state index contributed by atoms with van der Waals surface area (Å²) < 4.78 is 5.78. The van der Waals surface area contributed by atoms with E-state index in [1.165, 1.54) is 12.8 Å². The summed E-state index contributed by atoms with van der Waals surface area (Å²) in [4.78, 5) is 14.1. The molecule has 1 saturated heterocycles. The first kappa shape index (κ1) is 16.3. The lowest BCUT2D eigenvalue weighted by Crippen LogP contribution is -2.46. The van der Waals surface area contributed by atoms with Crippen molar-refractivity contribution in [2.24, 2.45) is 5.92 Å². The van der Waals surface area contributed by atoms with Gasteiger partial charge >= 0.3 is 0 Å². The summed E-state index contributed by atoms with van der Waals surface area (Å²) in [5.74, 6) is 0.999. The third kappa shape index (κ3) is 4.70. The molecule has 3 rings (SSSR count). The van der Waals surface area contributed by atoms with Crippen molar-refractivity contribution in [2.75, 3.05) is 32.8 Å². The minimum atomic E-state index is 0. The van der Waals surface area contributed by atoms with Crippen molar-refractivity contribution in [1.82, 2.24) is 10.2 Å². The summed E-state index contributed by atoms with van der Waals surface area (Å²) in [5, 5.41) is 3.27. The average Bonchev–Trinajstić information content (AvgIpc) is 3.32. The Morgan fingerprint density at radius 1 is 1.29 bits per heavy atom. The molecule has 1 aromatic carbocycles. The Morgan fingerprint density at radius 2 is 2.05 bits per heavy atom. The molecule has 0 bridgehead atoms. The van der Waals surface area contributed by atoms with Crippen molar-refractivity contribution in [3.05, 3.63) is 35.9 Å². The van der Waals surface area contributed by atoms with Gasteiger partial charge in [0.15, 0.2) is 0 Å². The van der Waals surface area contributed by atoms with Crippen LogP contribution in [0.25, 0.3) is 0 Å². The molecule has 1 heterocycles. The first-order valence-corrected chi connectivity index (χ1v) is 7.48. The van der Waals surface area contributed by atoms with Crippen LogP contribution in [0.15, 0.2) is 30.3 Å². The van der Waals surface area contributed by atoms with E-state index in [-0.39, 0.29) is 24.4 Å². The minimum absolute atomic E-state index is 0. The van der Waals surface area contributed by atoms with Gasteiger partial charge in [0.05, 0.1) is 19.7 Å². The number of benzene rings is 1. The number of ether oxygens (including phenoxy) is 1. The number of amides is 1. The van der Waals surface area contributed by atoms with Crippen LogP contribution >= 0.6 is 12.4 Å². The van der Waals surface area contributed by atoms with E-state index in [2.05, 4.69) is 17.4 Å². The molecule has 1 unspecified atom stereocenters. The smallest absolute Gasteiger partial charge is 0.236 e. The summed E-state index contributed by atoms with van der Waals surface area (Å²) in [7, 11) is 0. The number of morpholine rings is 1. The second-order valence-corrected chi connectivity index (χ2v) is 5.68. The number of nitrogens with zero attached hydrogens (tertiary/aromatic N) is 1. The maximum atomic E-state index is 12.2. The lowest BCUT2D eigenvalue weighted by Gasteiger charge is -2.33. The van der Waals surface area contributed by atoms with Crippen molar-refractivity contribution in [3.63, 3.8) is 0 Å². The molecular formula is C16H23ClN2O2. The van der Waals surface area contributed by atoms with E-state index in [4.69, 9.17) is 4.74 Å². The van der Waals surface area contributed by atoms with Gasteiger partial charge in [-0.3, -0.25) is 4.79 Å². The van der Waals surface area contributed by atoms with Crippen LogP contribution in [0.5, 0.6) is 0 Å². The van der Waals surface area contributed by atoms with Crippen LogP contribution in [0.4, 0.5) is 0 Å². The summed E-state index contributed by atoms with van der Waals surface area (Å²) in [6, 6.07) is 10.1. The molecule has 1 atom stereocenters. The zero-order valence-electron chi connectivity index (χ0n) is 12.2. The van der Waals surface area contributed by atoms with Gasteiger partial charge in [-0.15, -0.1) is 12.4 Å². The molecule has 1 amide bonds. The first-order valence-electron chi connectivity index (χ1n) is 7.48. The molecule has 0 spiro atoms. The third-order valence-electron chi connectivity index (χ3n) is 4.00. The first-order chi connectivity index (χ1) is 9.83. The zero-order valence-corrected chi connectivity index (χ0v) is 13.0. The predicted octanol–water partition coefficient (Wildman–Crippen LogP) is 2.01. The summed E-state index contributed by atoms with van der Waals surface area (Å²) in [5.41, 5.74) is 1.15. The minimum Gasteiger partial charge on any atom is -0.370 e. The van der Waals surface area contributed by atoms with Gasteiger partial charge in [-0.05, 0) is 30.9 Å². The van der Waals surface area contributed by atoms with E-state index in [1.807, 2.05) is 23.1 Å². The second kappa shape index (κ2) is 7.78. The Morgan fingerprint density at radius 3 is 2.76 bits per heavy atom. The van der Waals surface area contributed by atoms with Gasteiger partial charge in [-0.25, -0.2) is 0 Å². The van der Waals surface area contributed by atoms with Crippen LogP contribution in [-0.4, -0.2) is 43.6 Å². The number of halogens is 1. The van der Waals surface area contributed by atoms with E-state index in [0.29, 0.717) is 26.2 Å². The largest absolute Gasteiger partial charge is 0.370 e. The Bertz CT molecular complexity index is 451. The van der Waals surface area contributed by atoms with E-state index >= 15 is 0 Å². The van der Waals surface area contributed by atoms with Gasteiger partial charge in [-0.2, -0.15) is 0 Å². The average molecular weight is 311 g/mol. The fourth-order valence-corrected chi connectivity index (χ4v) is 2.56. The molecule has 2 aliphatic rings. The second-order valence-electron chi connectivity index (χ2n) is 5.68. The lowest BCUT2D eigenvalue weighted by atomic mass is 10.1. The Labute approximate surface area is 132 Å². The number of rotatable bonds is 5. The fourth-order valence-electron chi connectivity index (χ4n) is 2.56. The summed E-state index contributed by atoms with van der Waals surface area (Å²) in [6.07, 6.45) is 2.64. The van der Waals surface area contributed by atoms with E-state index in [9.17, 15) is 4.79 Å². The van der Waals surface area contributed by atoms with Crippen molar-refractivity contribution < 1.29 is 9.53 Å². The highest BCUT2D eigenvalue weighted by Gasteiger charge is 2.26. The highest BCUT2D eigenvalue weighted by Crippen LogP contribution is 2.27. The maximum absolute atomic E-state index is 12.2. The van der Waals surface area contributed by atoms with Gasteiger partial charge in [0, 0.05) is 6.54 Å². The van der Waals surface area contributed by atoms with Gasteiger partial charge in [-0.1, -0.05) is 30.3 Å². The Kier molecular flexibility index (Phi) is 6.03. The molecule has 4 nitrogen and oxygen atoms in total. The quantitative estimate of drug-likeness (QED) is 0.904. The third-order valence-corrected chi connectivity index (χ3v) is 4.00. The molecule has 1 N–H and O–H groups in total. The number of hydrogen-bond acceptors (Lipinski definition) is 3. The van der Waals surface area contributed by atoms with E-state index in [0.717, 1.165) is 18.0 Å². The van der Waals surface area contributed by atoms with Crippen LogP contribution in [0.1, 0.15) is 24.5 Å². The zero-order chi connectivity index (χ0) is 13.8. The number of nitrogens with one attached hydrogen (secondary N) is 1. The molecule has 1 aliphatic heterocycles. The molecule has 2 fully saturated rings. The SMILES string of the molecule is Cl.O=C(CNCC1CC1)N1CCOC(c2ccccc2)C1. The standard InChI is InChI=1S/C16H22N2O2.ClH/c19-16(11-17-10-13-6-7-13)18-8-9-20-15(12-18)14-4-2-1-3-5-14;/h1-5,13,15,17H,6-12H2;1H. The number of carbonyl (C=O) groups is 1. The number of hydrogen-bond donors (Lipinski definition) is 1. The van der Waals surface area contributed by atoms with Crippen molar-refractivity contribution in [2.45, 2.75) is 18.9 Å². The fraction of sp³-hybridized carbons (Fsp3) is 0.562. The Balaban J connectivity index is 0.00000161. The topological polar surface area (TPSA) is 41.6 Å². The number of carbonyl (C=O) groups excluding carboxylic acids is 1. The molecule has 1 aromatic rings. The normalized spacial score (nSPS) is 21.7. The molecule has 1 aliphatic carbocycles. The summed E-state index contributed by atoms with van der Waals surface area (Å²) >= 11 is 0. The van der Waals surface area contributed by atoms with Crippen LogP contribution in [0, 0.1) is 5.92 Å². The van der Waals surface area contributed by atoms with Crippen molar-refractivity contribution >= 4 is 18.3 Å². The van der Waals surface area contributed by atoms with Crippen LogP contribution in [-0.2, 0) is 9.53 Å². The molecule has 116 valence electrons. The predicted molar refractivity (Wildman–Crippen MR) is 84.6 cm³/mol. The molecule has 21 heavy (non-hydrogen) atoms. The van der Waals surface area contributed by atoms with Crippen LogP contribution in [0.3, 0.4) is 0 Å².